The molecule has 0 unspecified atom stereocenters. The molecular formula is C25H33N7O3. The van der Waals surface area contributed by atoms with Gasteiger partial charge < -0.3 is 25.8 Å². The number of carbonyl (C=O) groups is 1. The Kier molecular flexibility index (Phi) is 7.32. The van der Waals surface area contributed by atoms with Crippen LogP contribution in [0.15, 0.2) is 35.5 Å². The number of fused-ring (bicyclic) bond motifs is 1. The Morgan fingerprint density at radius 3 is 2.74 bits per heavy atom. The van der Waals surface area contributed by atoms with Crippen LogP contribution in [0.2, 0.25) is 0 Å². The minimum atomic E-state index is -0.372. The third-order valence-corrected chi connectivity index (χ3v) is 6.10. The van der Waals surface area contributed by atoms with Crippen molar-refractivity contribution in [2.75, 3.05) is 56.6 Å². The average molecular weight is 480 g/mol. The Morgan fingerprint density at radius 2 is 2.06 bits per heavy atom. The van der Waals surface area contributed by atoms with Crippen molar-refractivity contribution in [1.29, 1.82) is 0 Å². The van der Waals surface area contributed by atoms with Gasteiger partial charge in [0.1, 0.15) is 17.2 Å². The van der Waals surface area contributed by atoms with E-state index in [2.05, 4.69) is 25.1 Å². The lowest BCUT2D eigenvalue weighted by atomic mass is 10.0. The molecule has 0 radical (unpaired) electrons. The Labute approximate surface area is 205 Å². The third-order valence-electron chi connectivity index (χ3n) is 6.10. The van der Waals surface area contributed by atoms with E-state index in [4.69, 9.17) is 15.5 Å². The van der Waals surface area contributed by atoms with Crippen molar-refractivity contribution in [2.24, 2.45) is 10.7 Å². The fraction of sp³-hybridized carbons (Fsp3) is 0.440. The van der Waals surface area contributed by atoms with Gasteiger partial charge in [0.2, 0.25) is 5.88 Å². The SMILES string of the molecule is CN=CC(=CN)c1cccc(NC(=O)c2cc3c(nc2N2CCN(CCO)CC2)OC(C)(C)C3)n1. The highest BCUT2D eigenvalue weighted by Gasteiger charge is 2.34. The first kappa shape index (κ1) is 24.6. The Hall–Kier alpha value is -3.50. The maximum absolute atomic E-state index is 13.5. The van der Waals surface area contributed by atoms with Crippen LogP contribution in [0, 0.1) is 0 Å². The number of amides is 1. The highest BCUT2D eigenvalue weighted by Crippen LogP contribution is 2.37. The molecule has 2 aliphatic heterocycles. The van der Waals surface area contributed by atoms with Crippen LogP contribution in [0.1, 0.15) is 35.5 Å². The van der Waals surface area contributed by atoms with Crippen LogP contribution in [0.25, 0.3) is 5.57 Å². The van der Waals surface area contributed by atoms with Gasteiger partial charge in [-0.1, -0.05) is 6.07 Å². The number of aliphatic hydroxyl groups is 1. The summed E-state index contributed by atoms with van der Waals surface area (Å²) < 4.78 is 6.06. The lowest BCUT2D eigenvalue weighted by Gasteiger charge is -2.35. The van der Waals surface area contributed by atoms with Gasteiger partial charge in [0.25, 0.3) is 5.91 Å². The lowest BCUT2D eigenvalue weighted by Crippen LogP contribution is -2.48. The predicted molar refractivity (Wildman–Crippen MR) is 137 cm³/mol. The Bertz CT molecular complexity index is 1140. The number of aromatic nitrogens is 2. The molecule has 2 aromatic heterocycles. The Balaban J connectivity index is 1.63. The quantitative estimate of drug-likeness (QED) is 0.510. The maximum atomic E-state index is 13.5. The molecule has 2 aliphatic rings. The van der Waals surface area contributed by atoms with Crippen molar-refractivity contribution in [3.63, 3.8) is 0 Å². The van der Waals surface area contributed by atoms with Gasteiger partial charge in [-0.2, -0.15) is 4.98 Å². The smallest absolute Gasteiger partial charge is 0.260 e. The summed E-state index contributed by atoms with van der Waals surface area (Å²) in [7, 11) is 1.66. The zero-order chi connectivity index (χ0) is 25.0. The second-order valence-electron chi connectivity index (χ2n) is 9.29. The summed E-state index contributed by atoms with van der Waals surface area (Å²) in [6.07, 6.45) is 3.73. The normalized spacial score (nSPS) is 17.9. The number of nitrogens with two attached hydrogens (primary N) is 1. The zero-order valence-electron chi connectivity index (χ0n) is 20.5. The van der Waals surface area contributed by atoms with Crippen LogP contribution in [-0.4, -0.2) is 84.1 Å². The molecule has 1 saturated heterocycles. The number of aliphatic hydroxyl groups excluding tert-OH is 1. The molecule has 2 aromatic rings. The molecule has 186 valence electrons. The number of nitrogens with one attached hydrogen (secondary N) is 1. The molecule has 10 nitrogen and oxygen atoms in total. The van der Waals surface area contributed by atoms with Crippen molar-refractivity contribution in [1.82, 2.24) is 14.9 Å². The molecule has 1 amide bonds. The minimum absolute atomic E-state index is 0.130. The summed E-state index contributed by atoms with van der Waals surface area (Å²) >= 11 is 0. The average Bonchev–Trinajstić information content (AvgIpc) is 3.15. The lowest BCUT2D eigenvalue weighted by molar-refractivity contribution is 0.102. The highest BCUT2D eigenvalue weighted by atomic mass is 16.5. The van der Waals surface area contributed by atoms with E-state index in [1.807, 2.05) is 32.0 Å². The number of ether oxygens (including phenoxy) is 1. The van der Waals surface area contributed by atoms with Crippen molar-refractivity contribution < 1.29 is 14.6 Å². The van der Waals surface area contributed by atoms with E-state index in [0.717, 1.165) is 18.7 Å². The van der Waals surface area contributed by atoms with Gasteiger partial charge in [0, 0.05) is 69.7 Å². The van der Waals surface area contributed by atoms with Crippen LogP contribution in [0.4, 0.5) is 11.6 Å². The molecule has 0 saturated carbocycles. The summed E-state index contributed by atoms with van der Waals surface area (Å²) in [4.78, 5) is 31.2. The van der Waals surface area contributed by atoms with Crippen LogP contribution in [0.5, 0.6) is 5.88 Å². The largest absolute Gasteiger partial charge is 0.471 e. The second-order valence-corrected chi connectivity index (χ2v) is 9.29. The molecular weight excluding hydrogens is 446 g/mol. The number of rotatable bonds is 7. The van der Waals surface area contributed by atoms with E-state index in [-0.39, 0.29) is 18.1 Å². The van der Waals surface area contributed by atoms with Gasteiger partial charge in [-0.25, -0.2) is 4.98 Å². The van der Waals surface area contributed by atoms with E-state index in [1.54, 1.807) is 19.3 Å². The van der Waals surface area contributed by atoms with E-state index in [1.165, 1.54) is 6.20 Å². The number of hydrogen-bond donors (Lipinski definition) is 3. The standard InChI is InChI=1S/C25H33N7O3/c1-25(2)14-17-13-19(22(30-24(17)35-25)32-9-7-31(8-10-32)11-12-33)23(34)29-21-6-4-5-20(28-21)18(15-26)16-27-3/h4-6,13,15-16,33H,7-12,14,26H2,1-3H3,(H,28,29,34). The first-order valence-corrected chi connectivity index (χ1v) is 11.8. The first-order chi connectivity index (χ1) is 16.8. The summed E-state index contributed by atoms with van der Waals surface area (Å²) in [5.74, 6) is 1.30. The van der Waals surface area contributed by atoms with E-state index in [0.29, 0.717) is 60.4 Å². The number of anilines is 2. The van der Waals surface area contributed by atoms with Gasteiger partial charge >= 0.3 is 0 Å². The molecule has 0 atom stereocenters. The molecule has 0 aliphatic carbocycles. The van der Waals surface area contributed by atoms with Crippen LogP contribution in [-0.2, 0) is 6.42 Å². The summed E-state index contributed by atoms with van der Waals surface area (Å²) in [6.45, 7) is 7.76. The number of carbonyl (C=O) groups excluding carboxylic acids is 1. The van der Waals surface area contributed by atoms with Gasteiger partial charge in [0.05, 0.1) is 17.9 Å². The number of β-amino-alcohol motifs (C(OH)–C–C–N with tert-alkyl or cyclic N) is 1. The number of piperazine rings is 1. The van der Waals surface area contributed by atoms with Crippen LogP contribution >= 0.6 is 0 Å². The van der Waals surface area contributed by atoms with Crippen molar-refractivity contribution >= 4 is 29.3 Å². The van der Waals surface area contributed by atoms with Crippen molar-refractivity contribution in [2.45, 2.75) is 25.9 Å². The number of aliphatic imine (C=N–C) groups is 1. The topological polar surface area (TPSA) is 129 Å². The molecule has 4 heterocycles. The summed E-state index contributed by atoms with van der Waals surface area (Å²) in [5.41, 5.74) is 8.01. The molecule has 10 heteroatoms. The molecule has 4 rings (SSSR count). The Morgan fingerprint density at radius 1 is 1.29 bits per heavy atom. The number of hydrogen-bond acceptors (Lipinski definition) is 9. The zero-order valence-corrected chi connectivity index (χ0v) is 20.5. The van der Waals surface area contributed by atoms with Crippen molar-refractivity contribution in [3.8, 4) is 5.88 Å². The molecule has 0 aromatic carbocycles. The minimum Gasteiger partial charge on any atom is -0.471 e. The number of pyridine rings is 2. The molecule has 0 spiro atoms. The summed E-state index contributed by atoms with van der Waals surface area (Å²) in [6, 6.07) is 7.24. The molecule has 0 bridgehead atoms. The van der Waals surface area contributed by atoms with E-state index >= 15 is 0 Å². The van der Waals surface area contributed by atoms with Gasteiger partial charge in [-0.05, 0) is 32.0 Å². The van der Waals surface area contributed by atoms with Gasteiger partial charge in [-0.15, -0.1) is 0 Å². The number of nitrogens with zero attached hydrogens (tertiary/aromatic N) is 5. The highest BCUT2D eigenvalue weighted by molar-refractivity contribution is 6.10. The second kappa shape index (κ2) is 10.4. The maximum Gasteiger partial charge on any atom is 0.260 e. The first-order valence-electron chi connectivity index (χ1n) is 11.8. The fourth-order valence-corrected chi connectivity index (χ4v) is 4.42. The van der Waals surface area contributed by atoms with Crippen LogP contribution in [0.3, 0.4) is 0 Å². The number of allylic oxidation sites excluding steroid dienone is 1. The van der Waals surface area contributed by atoms with E-state index < -0.39 is 0 Å². The molecule has 4 N–H and O–H groups in total. The van der Waals surface area contributed by atoms with Gasteiger partial charge in [-0.3, -0.25) is 14.7 Å². The van der Waals surface area contributed by atoms with Crippen molar-refractivity contribution in [3.05, 3.63) is 47.3 Å². The summed E-state index contributed by atoms with van der Waals surface area (Å²) in [5, 5.41) is 12.2. The predicted octanol–water partition coefficient (Wildman–Crippen LogP) is 1.56. The molecule has 1 fully saturated rings. The van der Waals surface area contributed by atoms with Crippen LogP contribution < -0.4 is 20.7 Å². The van der Waals surface area contributed by atoms with Gasteiger partial charge in [0.15, 0.2) is 0 Å². The monoisotopic (exact) mass is 479 g/mol. The molecule has 35 heavy (non-hydrogen) atoms. The fourth-order valence-electron chi connectivity index (χ4n) is 4.42. The third kappa shape index (κ3) is 5.60. The van der Waals surface area contributed by atoms with E-state index in [9.17, 15) is 9.90 Å².